The Hall–Kier alpha value is -5.32. The highest BCUT2D eigenvalue weighted by atomic mass is 16.5. The van der Waals surface area contributed by atoms with E-state index in [2.05, 4.69) is 124 Å². The molecule has 0 amide bonds. The number of aromatic amines is 2. The molecule has 2 aliphatic heterocycles. The minimum Gasteiger partial charge on any atom is -0.457 e. The third-order valence-electron chi connectivity index (χ3n) is 11.1. The molecule has 4 N–H and O–H groups in total. The summed E-state index contributed by atoms with van der Waals surface area (Å²) in [7, 11) is 4.39. The Morgan fingerprint density at radius 3 is 1.54 bits per heavy atom. The van der Waals surface area contributed by atoms with Crippen molar-refractivity contribution >= 4 is 22.1 Å². The molecule has 56 heavy (non-hydrogen) atoms. The van der Waals surface area contributed by atoms with E-state index in [1.807, 2.05) is 54.6 Å². The Morgan fingerprint density at radius 1 is 0.554 bits per heavy atom. The number of hydrogen-bond acceptors (Lipinski definition) is 7. The number of nitrogens with one attached hydrogen (secondary N) is 4. The highest BCUT2D eigenvalue weighted by Crippen LogP contribution is 2.30. The van der Waals surface area contributed by atoms with Gasteiger partial charge >= 0.3 is 0 Å². The van der Waals surface area contributed by atoms with Crippen LogP contribution in [0, 0.1) is 6.92 Å². The van der Waals surface area contributed by atoms with Crippen molar-refractivity contribution in [3.63, 3.8) is 0 Å². The lowest BCUT2D eigenvalue weighted by Crippen LogP contribution is -2.42. The van der Waals surface area contributed by atoms with E-state index in [1.165, 1.54) is 24.0 Å². The molecular weight excluding hydrogens is 693 g/mol. The molecule has 5 aromatic carbocycles. The summed E-state index contributed by atoms with van der Waals surface area (Å²) in [6.45, 7) is 6.68. The van der Waals surface area contributed by atoms with Gasteiger partial charge in [-0.25, -0.2) is 9.97 Å². The number of benzene rings is 5. The van der Waals surface area contributed by atoms with Gasteiger partial charge in [0.2, 0.25) is 0 Å². The fourth-order valence-electron chi connectivity index (χ4n) is 7.94. The molecule has 9 rings (SSSR count). The first-order valence-electron chi connectivity index (χ1n) is 20.1. The van der Waals surface area contributed by atoms with Gasteiger partial charge in [-0.05, 0) is 133 Å². The standard InChI is InChI=1S/C26H28N4O.C21H26N4/c1-30-16-14-20(15-17-30)27-25(26-28-23-12-5-6-13-24(23)29-26)19-8-7-11-22(18-19)31-21-9-3-2-4-10-21;1-15-6-5-7-16(14-15)20(22-17-10-12-25(2)13-11-17)21-23-18-8-3-4-9-19(18)24-21/h2-13,18,20,25,27H,14-17H2,1H3,(H,28,29);3-9,14,17,20,22H,10-13H2,1-2H3,(H,23,24). The number of imidazole rings is 2. The molecule has 9 heteroatoms. The number of H-pyrrole nitrogens is 2. The van der Waals surface area contributed by atoms with E-state index in [0.717, 1.165) is 89.8 Å². The fourth-order valence-corrected chi connectivity index (χ4v) is 7.94. The number of aromatic nitrogens is 4. The van der Waals surface area contributed by atoms with E-state index in [0.29, 0.717) is 12.1 Å². The molecule has 0 aliphatic carbocycles. The number of hydrogen-bond donors (Lipinski definition) is 4. The SMILES string of the molecule is CN1CCC(NC(c2cccc(Oc3ccccc3)c2)c2nc3ccccc3[nH]2)CC1.Cc1cccc(C(NC2CCN(C)CC2)c2nc3ccccc3[nH]2)c1. The van der Waals surface area contributed by atoms with Gasteiger partial charge in [0.25, 0.3) is 0 Å². The third kappa shape index (κ3) is 9.37. The Labute approximate surface area is 330 Å². The van der Waals surface area contributed by atoms with Gasteiger partial charge in [0.05, 0.1) is 34.2 Å². The lowest BCUT2D eigenvalue weighted by atomic mass is 9.99. The number of ether oxygens (including phenoxy) is 1. The number of nitrogens with zero attached hydrogens (tertiary/aromatic N) is 4. The second-order valence-electron chi connectivity index (χ2n) is 15.5. The minimum atomic E-state index is -0.0277. The lowest BCUT2D eigenvalue weighted by Gasteiger charge is -2.32. The summed E-state index contributed by atoms with van der Waals surface area (Å²) in [6, 6.07) is 44.5. The maximum Gasteiger partial charge on any atom is 0.129 e. The molecule has 4 heterocycles. The molecule has 9 nitrogen and oxygen atoms in total. The predicted molar refractivity (Wildman–Crippen MR) is 227 cm³/mol. The second kappa shape index (κ2) is 17.6. The molecule has 288 valence electrons. The first-order valence-corrected chi connectivity index (χ1v) is 20.1. The predicted octanol–water partition coefficient (Wildman–Crippen LogP) is 8.77. The van der Waals surface area contributed by atoms with Crippen LogP contribution in [0.4, 0.5) is 0 Å². The normalized spacial score (nSPS) is 17.1. The first-order chi connectivity index (χ1) is 27.4. The largest absolute Gasteiger partial charge is 0.457 e. The van der Waals surface area contributed by atoms with Crippen LogP contribution in [0.15, 0.2) is 127 Å². The van der Waals surface area contributed by atoms with Crippen LogP contribution in [0.25, 0.3) is 22.1 Å². The second-order valence-corrected chi connectivity index (χ2v) is 15.5. The van der Waals surface area contributed by atoms with Crippen LogP contribution >= 0.6 is 0 Å². The van der Waals surface area contributed by atoms with Gasteiger partial charge in [0.1, 0.15) is 23.1 Å². The van der Waals surface area contributed by atoms with Crippen molar-refractivity contribution in [2.24, 2.45) is 0 Å². The summed E-state index contributed by atoms with van der Waals surface area (Å²) in [5.74, 6) is 3.61. The summed E-state index contributed by atoms with van der Waals surface area (Å²) in [5.41, 5.74) is 7.88. The molecule has 2 fully saturated rings. The van der Waals surface area contributed by atoms with Gasteiger partial charge in [0, 0.05) is 12.1 Å². The smallest absolute Gasteiger partial charge is 0.129 e. The Bertz CT molecular complexity index is 2240. The topological polar surface area (TPSA) is 97.1 Å². The van der Waals surface area contributed by atoms with Crippen molar-refractivity contribution in [1.82, 2.24) is 40.4 Å². The number of para-hydroxylation sites is 5. The van der Waals surface area contributed by atoms with Gasteiger partial charge < -0.3 is 35.1 Å². The van der Waals surface area contributed by atoms with Crippen molar-refractivity contribution in [1.29, 1.82) is 0 Å². The van der Waals surface area contributed by atoms with Crippen LogP contribution in [0.5, 0.6) is 11.5 Å². The van der Waals surface area contributed by atoms with Crippen molar-refractivity contribution in [2.45, 2.75) is 56.8 Å². The number of piperidine rings is 2. The highest BCUT2D eigenvalue weighted by molar-refractivity contribution is 5.75. The zero-order chi connectivity index (χ0) is 38.3. The van der Waals surface area contributed by atoms with Crippen molar-refractivity contribution < 1.29 is 4.74 Å². The maximum absolute atomic E-state index is 6.10. The molecule has 2 aromatic heterocycles. The van der Waals surface area contributed by atoms with E-state index in [9.17, 15) is 0 Å². The maximum atomic E-state index is 6.10. The van der Waals surface area contributed by atoms with Gasteiger partial charge in [-0.2, -0.15) is 0 Å². The first kappa shape index (κ1) is 37.6. The van der Waals surface area contributed by atoms with Crippen LogP contribution in [0.2, 0.25) is 0 Å². The average Bonchev–Trinajstić information content (AvgIpc) is 3.86. The molecule has 2 atom stereocenters. The summed E-state index contributed by atoms with van der Waals surface area (Å²) >= 11 is 0. The molecule has 0 saturated carbocycles. The Kier molecular flexibility index (Phi) is 11.8. The lowest BCUT2D eigenvalue weighted by molar-refractivity contribution is 0.228. The zero-order valence-electron chi connectivity index (χ0n) is 32.8. The van der Waals surface area contributed by atoms with E-state index < -0.39 is 0 Å². The summed E-state index contributed by atoms with van der Waals surface area (Å²) in [5, 5.41) is 7.76. The van der Waals surface area contributed by atoms with Gasteiger partial charge in [-0.3, -0.25) is 0 Å². The summed E-state index contributed by atoms with van der Waals surface area (Å²) in [4.78, 5) is 21.6. The molecule has 0 bridgehead atoms. The Balaban J connectivity index is 0.000000161. The van der Waals surface area contributed by atoms with E-state index in [1.54, 1.807) is 0 Å². The van der Waals surface area contributed by atoms with Gasteiger partial charge in [-0.15, -0.1) is 0 Å². The molecule has 2 unspecified atom stereocenters. The Morgan fingerprint density at radius 2 is 1.02 bits per heavy atom. The van der Waals surface area contributed by atoms with Crippen LogP contribution in [0.1, 0.15) is 66.1 Å². The molecule has 0 spiro atoms. The molecule has 2 aliphatic rings. The minimum absolute atomic E-state index is 0.0277. The van der Waals surface area contributed by atoms with Crippen LogP contribution in [-0.2, 0) is 0 Å². The molecule has 7 aromatic rings. The van der Waals surface area contributed by atoms with Crippen molar-refractivity contribution in [3.8, 4) is 11.5 Å². The number of likely N-dealkylation sites (tertiary alicyclic amines) is 2. The van der Waals surface area contributed by atoms with Crippen molar-refractivity contribution in [2.75, 3.05) is 40.3 Å². The average molecular weight is 747 g/mol. The van der Waals surface area contributed by atoms with E-state index in [4.69, 9.17) is 14.7 Å². The van der Waals surface area contributed by atoms with E-state index in [-0.39, 0.29) is 12.1 Å². The zero-order valence-corrected chi connectivity index (χ0v) is 32.8. The molecule has 2 saturated heterocycles. The summed E-state index contributed by atoms with van der Waals surface area (Å²) in [6.07, 6.45) is 4.62. The number of rotatable bonds is 10. The number of aryl methyl sites for hydroxylation is 1. The third-order valence-corrected chi connectivity index (χ3v) is 11.1. The van der Waals surface area contributed by atoms with Gasteiger partial charge in [0.15, 0.2) is 0 Å². The van der Waals surface area contributed by atoms with Crippen LogP contribution in [-0.4, -0.2) is 82.1 Å². The molecular formula is C47H54N8O. The van der Waals surface area contributed by atoms with Crippen LogP contribution < -0.4 is 15.4 Å². The highest BCUT2D eigenvalue weighted by Gasteiger charge is 2.26. The molecule has 0 radical (unpaired) electrons. The quantitative estimate of drug-likeness (QED) is 0.111. The monoisotopic (exact) mass is 746 g/mol. The van der Waals surface area contributed by atoms with E-state index >= 15 is 0 Å². The number of fused-ring (bicyclic) bond motifs is 2. The summed E-state index contributed by atoms with van der Waals surface area (Å²) < 4.78 is 6.10. The van der Waals surface area contributed by atoms with Gasteiger partial charge in [-0.1, -0.05) is 84.4 Å². The van der Waals surface area contributed by atoms with Crippen LogP contribution in [0.3, 0.4) is 0 Å². The fraction of sp³-hybridized carbons (Fsp3) is 0.319. The van der Waals surface area contributed by atoms with Crippen molar-refractivity contribution in [3.05, 3.63) is 156 Å².